The van der Waals surface area contributed by atoms with E-state index in [4.69, 9.17) is 22.1 Å². The number of amides is 1. The van der Waals surface area contributed by atoms with E-state index in [2.05, 4.69) is 9.97 Å². The fraction of sp³-hybridized carbons (Fsp3) is 0.312. The van der Waals surface area contributed by atoms with Crippen molar-refractivity contribution in [2.75, 3.05) is 18.0 Å². The second kappa shape index (κ2) is 6.83. The van der Waals surface area contributed by atoms with Crippen molar-refractivity contribution in [1.29, 1.82) is 0 Å². The molecule has 1 aromatic carbocycles. The average molecular weight is 333 g/mol. The van der Waals surface area contributed by atoms with Crippen LogP contribution in [0.1, 0.15) is 12.0 Å². The third kappa shape index (κ3) is 3.90. The topological polar surface area (TPSA) is 81.3 Å². The van der Waals surface area contributed by atoms with Gasteiger partial charge in [0.1, 0.15) is 6.61 Å². The van der Waals surface area contributed by atoms with Crippen LogP contribution in [0, 0.1) is 5.92 Å². The molecule has 1 aliphatic heterocycles. The number of benzene rings is 1. The molecular formula is C16H17ClN4O2. The van der Waals surface area contributed by atoms with Crippen molar-refractivity contribution in [1.82, 2.24) is 9.97 Å². The lowest BCUT2D eigenvalue weighted by molar-refractivity contribution is -0.121. The number of anilines is 1. The average Bonchev–Trinajstić information content (AvgIpc) is 3.04. The van der Waals surface area contributed by atoms with Crippen LogP contribution in [-0.4, -0.2) is 29.0 Å². The predicted molar refractivity (Wildman–Crippen MR) is 87.3 cm³/mol. The number of rotatable bonds is 5. The molecule has 1 unspecified atom stereocenters. The molecule has 3 rings (SSSR count). The largest absolute Gasteiger partial charge is 0.472 e. The van der Waals surface area contributed by atoms with Gasteiger partial charge in [0.05, 0.1) is 18.3 Å². The van der Waals surface area contributed by atoms with Gasteiger partial charge >= 0.3 is 0 Å². The van der Waals surface area contributed by atoms with Crippen molar-refractivity contribution >= 4 is 23.3 Å². The highest BCUT2D eigenvalue weighted by molar-refractivity contribution is 6.30. The smallest absolute Gasteiger partial charge is 0.234 e. The molecule has 6 nitrogen and oxygen atoms in total. The second-order valence-corrected chi connectivity index (χ2v) is 5.90. The van der Waals surface area contributed by atoms with Crippen LogP contribution in [0.2, 0.25) is 5.02 Å². The first-order valence-corrected chi connectivity index (χ1v) is 7.73. The number of ether oxygens (including phenoxy) is 1. The third-order valence-electron chi connectivity index (χ3n) is 3.79. The van der Waals surface area contributed by atoms with Gasteiger partial charge in [0.2, 0.25) is 11.8 Å². The number of halogens is 1. The Morgan fingerprint density at radius 3 is 3.04 bits per heavy atom. The summed E-state index contributed by atoms with van der Waals surface area (Å²) in [7, 11) is 0. The minimum absolute atomic E-state index is 0.132. The Balaban J connectivity index is 1.65. The molecule has 1 saturated heterocycles. The molecule has 1 aromatic heterocycles. The summed E-state index contributed by atoms with van der Waals surface area (Å²) in [6, 6.07) is 7.46. The minimum Gasteiger partial charge on any atom is -0.472 e. The van der Waals surface area contributed by atoms with Gasteiger partial charge in [-0.15, -0.1) is 0 Å². The van der Waals surface area contributed by atoms with Crippen LogP contribution >= 0.6 is 11.6 Å². The molecule has 1 atom stereocenters. The molecule has 1 aliphatic rings. The summed E-state index contributed by atoms with van der Waals surface area (Å²) < 4.78 is 5.67. The molecule has 0 aliphatic carbocycles. The van der Waals surface area contributed by atoms with Crippen molar-refractivity contribution in [3.05, 3.63) is 47.2 Å². The van der Waals surface area contributed by atoms with E-state index in [0.717, 1.165) is 18.5 Å². The van der Waals surface area contributed by atoms with Crippen LogP contribution in [0.5, 0.6) is 5.88 Å². The van der Waals surface area contributed by atoms with E-state index in [1.807, 2.05) is 29.2 Å². The molecule has 0 bridgehead atoms. The molecule has 2 aromatic rings. The molecule has 0 spiro atoms. The van der Waals surface area contributed by atoms with Crippen LogP contribution in [0.3, 0.4) is 0 Å². The van der Waals surface area contributed by atoms with Gasteiger partial charge in [-0.3, -0.25) is 9.78 Å². The van der Waals surface area contributed by atoms with Crippen molar-refractivity contribution in [3.8, 4) is 5.88 Å². The minimum atomic E-state index is -0.270. The van der Waals surface area contributed by atoms with Crippen molar-refractivity contribution < 1.29 is 9.53 Å². The van der Waals surface area contributed by atoms with E-state index in [0.29, 0.717) is 29.9 Å². The number of hydrogen-bond donors (Lipinski definition) is 1. The van der Waals surface area contributed by atoms with E-state index in [1.54, 1.807) is 12.4 Å². The van der Waals surface area contributed by atoms with Gasteiger partial charge in [-0.25, -0.2) is 0 Å². The fourth-order valence-corrected chi connectivity index (χ4v) is 2.76. The Kier molecular flexibility index (Phi) is 4.62. The molecule has 7 heteroatoms. The van der Waals surface area contributed by atoms with Gasteiger partial charge in [-0.1, -0.05) is 23.7 Å². The predicted octanol–water partition coefficient (Wildman–Crippen LogP) is 2.02. The summed E-state index contributed by atoms with van der Waals surface area (Å²) in [5.74, 6) is 0.726. The number of nitrogens with zero attached hydrogens (tertiary/aromatic N) is 3. The first-order chi connectivity index (χ1) is 11.1. The summed E-state index contributed by atoms with van der Waals surface area (Å²) in [5.41, 5.74) is 6.31. The molecular weight excluding hydrogens is 316 g/mol. The lowest BCUT2D eigenvalue weighted by atomic mass is 10.1. The van der Waals surface area contributed by atoms with Crippen LogP contribution in [0.15, 0.2) is 36.7 Å². The zero-order valence-corrected chi connectivity index (χ0v) is 13.2. The number of primary amides is 1. The number of hydrogen-bond acceptors (Lipinski definition) is 5. The second-order valence-electron chi connectivity index (χ2n) is 5.47. The summed E-state index contributed by atoms with van der Waals surface area (Å²) in [6.45, 7) is 1.67. The summed E-state index contributed by atoms with van der Waals surface area (Å²) in [5, 5.41) is 0.667. The van der Waals surface area contributed by atoms with Crippen molar-refractivity contribution in [3.63, 3.8) is 0 Å². The monoisotopic (exact) mass is 332 g/mol. The number of carbonyl (C=O) groups excluding carboxylic acids is 1. The number of carbonyl (C=O) groups is 1. The quantitative estimate of drug-likeness (QED) is 0.906. The maximum atomic E-state index is 11.3. The van der Waals surface area contributed by atoms with Gasteiger partial charge in [0.15, 0.2) is 5.82 Å². The Hall–Kier alpha value is -2.34. The van der Waals surface area contributed by atoms with Gasteiger partial charge in [-0.05, 0) is 24.1 Å². The highest BCUT2D eigenvalue weighted by Gasteiger charge is 2.27. The SMILES string of the molecule is NC(=O)C1CCN(c2cncc(OCc3cccc(Cl)c3)n2)C1. The van der Waals surface area contributed by atoms with Crippen molar-refractivity contribution in [2.24, 2.45) is 11.7 Å². The molecule has 23 heavy (non-hydrogen) atoms. The fourth-order valence-electron chi connectivity index (χ4n) is 2.54. The van der Waals surface area contributed by atoms with Crippen LogP contribution in [0.25, 0.3) is 0 Å². The zero-order valence-electron chi connectivity index (χ0n) is 12.5. The molecule has 2 heterocycles. The van der Waals surface area contributed by atoms with Gasteiger partial charge < -0.3 is 15.4 Å². The standard InChI is InChI=1S/C16H17ClN4O2/c17-13-3-1-2-11(6-13)10-23-15-8-19-7-14(20-15)21-5-4-12(9-21)16(18)22/h1-3,6-8,12H,4-5,9-10H2,(H2,18,22). The highest BCUT2D eigenvalue weighted by Crippen LogP contribution is 2.23. The van der Waals surface area contributed by atoms with E-state index in [9.17, 15) is 4.79 Å². The first kappa shape index (κ1) is 15.6. The Morgan fingerprint density at radius 2 is 2.30 bits per heavy atom. The third-order valence-corrected chi connectivity index (χ3v) is 4.03. The van der Waals surface area contributed by atoms with Gasteiger partial charge in [-0.2, -0.15) is 4.98 Å². The molecule has 2 N–H and O–H groups in total. The summed E-state index contributed by atoms with van der Waals surface area (Å²) >= 11 is 5.95. The number of nitrogens with two attached hydrogens (primary N) is 1. The Bertz CT molecular complexity index is 710. The lowest BCUT2D eigenvalue weighted by Gasteiger charge is -2.17. The lowest BCUT2D eigenvalue weighted by Crippen LogP contribution is -2.27. The van der Waals surface area contributed by atoms with Gasteiger partial charge in [0.25, 0.3) is 0 Å². The van der Waals surface area contributed by atoms with Crippen LogP contribution in [0.4, 0.5) is 5.82 Å². The maximum absolute atomic E-state index is 11.3. The van der Waals surface area contributed by atoms with Crippen LogP contribution < -0.4 is 15.4 Å². The zero-order chi connectivity index (χ0) is 16.2. The van der Waals surface area contributed by atoms with E-state index < -0.39 is 0 Å². The Morgan fingerprint density at radius 1 is 1.43 bits per heavy atom. The molecule has 1 amide bonds. The van der Waals surface area contributed by atoms with Crippen LogP contribution in [-0.2, 0) is 11.4 Å². The van der Waals surface area contributed by atoms with Crippen molar-refractivity contribution in [2.45, 2.75) is 13.0 Å². The molecule has 1 fully saturated rings. The molecule has 0 saturated carbocycles. The van der Waals surface area contributed by atoms with E-state index in [1.165, 1.54) is 0 Å². The highest BCUT2D eigenvalue weighted by atomic mass is 35.5. The molecule has 120 valence electrons. The van der Waals surface area contributed by atoms with Gasteiger partial charge in [0, 0.05) is 18.1 Å². The summed E-state index contributed by atoms with van der Waals surface area (Å²) in [4.78, 5) is 21.9. The maximum Gasteiger partial charge on any atom is 0.234 e. The molecule has 0 radical (unpaired) electrons. The number of aromatic nitrogens is 2. The van der Waals surface area contributed by atoms with E-state index in [-0.39, 0.29) is 11.8 Å². The first-order valence-electron chi connectivity index (χ1n) is 7.35. The van der Waals surface area contributed by atoms with E-state index >= 15 is 0 Å². The Labute approximate surface area is 139 Å². The normalized spacial score (nSPS) is 17.3. The summed E-state index contributed by atoms with van der Waals surface area (Å²) in [6.07, 6.45) is 3.97.